The van der Waals surface area contributed by atoms with Gasteiger partial charge in [0.25, 0.3) is 0 Å². The molecule has 21 heavy (non-hydrogen) atoms. The number of halogens is 1. The maximum absolute atomic E-state index is 14.0. The Kier molecular flexibility index (Phi) is 5.73. The van der Waals surface area contributed by atoms with Gasteiger partial charge >= 0.3 is 0 Å². The third kappa shape index (κ3) is 4.77. The number of hydrogen-bond donors (Lipinski definition) is 2. The van der Waals surface area contributed by atoms with Crippen LogP contribution in [0.1, 0.15) is 44.7 Å². The van der Waals surface area contributed by atoms with Crippen molar-refractivity contribution in [2.24, 2.45) is 0 Å². The first-order valence-electron chi connectivity index (χ1n) is 7.94. The summed E-state index contributed by atoms with van der Waals surface area (Å²) in [6.45, 7) is 7.40. The van der Waals surface area contributed by atoms with E-state index in [2.05, 4.69) is 17.1 Å². The fraction of sp³-hybridized carbons (Fsp3) is 0.647. The van der Waals surface area contributed by atoms with Gasteiger partial charge in [0.1, 0.15) is 5.82 Å². The second-order valence-electron chi connectivity index (χ2n) is 6.34. The molecule has 0 saturated carbocycles. The Morgan fingerprint density at radius 2 is 2.19 bits per heavy atom. The van der Waals surface area contributed by atoms with Crippen LogP contribution in [0.25, 0.3) is 0 Å². The summed E-state index contributed by atoms with van der Waals surface area (Å²) in [5.41, 5.74) is 0.182. The van der Waals surface area contributed by atoms with Crippen LogP contribution in [0.3, 0.4) is 0 Å². The number of hydrogen-bond acceptors (Lipinski definition) is 3. The normalized spacial score (nSPS) is 24.4. The molecule has 0 amide bonds. The monoisotopic (exact) mass is 294 g/mol. The standard InChI is InChI=1S/C17H27FN2O/c1-3-10-19-16(14-6-4-5-7-15(14)18)8-11-20-12-9-17(2,21)13-20/h4-7,16,19,21H,3,8-13H2,1-2H3. The Bertz CT molecular complexity index is 450. The minimum absolute atomic E-state index is 0.0386. The van der Waals surface area contributed by atoms with Crippen LogP contribution in [0.15, 0.2) is 24.3 Å². The van der Waals surface area contributed by atoms with Gasteiger partial charge in [0.15, 0.2) is 0 Å². The lowest BCUT2D eigenvalue weighted by molar-refractivity contribution is 0.0682. The van der Waals surface area contributed by atoms with Crippen LogP contribution in [0, 0.1) is 5.82 Å². The van der Waals surface area contributed by atoms with E-state index >= 15 is 0 Å². The van der Waals surface area contributed by atoms with Crippen LogP contribution in [0.2, 0.25) is 0 Å². The lowest BCUT2D eigenvalue weighted by Gasteiger charge is -2.24. The van der Waals surface area contributed by atoms with Gasteiger partial charge in [-0.3, -0.25) is 0 Å². The molecule has 4 heteroatoms. The average Bonchev–Trinajstić information content (AvgIpc) is 2.80. The Morgan fingerprint density at radius 1 is 1.43 bits per heavy atom. The highest BCUT2D eigenvalue weighted by Crippen LogP contribution is 2.24. The molecule has 0 bridgehead atoms. The largest absolute Gasteiger partial charge is 0.389 e. The van der Waals surface area contributed by atoms with E-state index in [0.717, 1.165) is 44.5 Å². The smallest absolute Gasteiger partial charge is 0.127 e. The summed E-state index contributed by atoms with van der Waals surface area (Å²) in [6.07, 6.45) is 2.71. The van der Waals surface area contributed by atoms with Crippen molar-refractivity contribution in [3.05, 3.63) is 35.6 Å². The summed E-state index contributed by atoms with van der Waals surface area (Å²) in [4.78, 5) is 2.27. The van der Waals surface area contributed by atoms with E-state index in [0.29, 0.717) is 6.54 Å². The van der Waals surface area contributed by atoms with Crippen molar-refractivity contribution < 1.29 is 9.50 Å². The molecule has 1 aromatic carbocycles. The maximum atomic E-state index is 14.0. The van der Waals surface area contributed by atoms with Crippen molar-refractivity contribution in [2.75, 3.05) is 26.2 Å². The summed E-state index contributed by atoms with van der Waals surface area (Å²) in [5.74, 6) is -0.139. The quantitative estimate of drug-likeness (QED) is 0.811. The molecular formula is C17H27FN2O. The van der Waals surface area contributed by atoms with Crippen molar-refractivity contribution in [1.82, 2.24) is 10.2 Å². The molecule has 0 radical (unpaired) electrons. The van der Waals surface area contributed by atoms with Gasteiger partial charge in [-0.2, -0.15) is 0 Å². The second-order valence-corrected chi connectivity index (χ2v) is 6.34. The first kappa shape index (κ1) is 16.4. The van der Waals surface area contributed by atoms with Crippen LogP contribution in [0.5, 0.6) is 0 Å². The number of rotatable bonds is 7. The van der Waals surface area contributed by atoms with Crippen molar-refractivity contribution >= 4 is 0 Å². The van der Waals surface area contributed by atoms with Gasteiger partial charge in [-0.05, 0) is 38.8 Å². The van der Waals surface area contributed by atoms with Crippen LogP contribution >= 0.6 is 0 Å². The summed E-state index contributed by atoms with van der Waals surface area (Å²) < 4.78 is 14.0. The first-order valence-corrected chi connectivity index (χ1v) is 7.94. The minimum atomic E-state index is -0.565. The molecular weight excluding hydrogens is 267 g/mol. The zero-order valence-electron chi connectivity index (χ0n) is 13.1. The van der Waals surface area contributed by atoms with Crippen LogP contribution in [0.4, 0.5) is 4.39 Å². The van der Waals surface area contributed by atoms with Crippen molar-refractivity contribution in [3.63, 3.8) is 0 Å². The number of aliphatic hydroxyl groups is 1. The Morgan fingerprint density at radius 3 is 2.81 bits per heavy atom. The summed E-state index contributed by atoms with van der Waals surface area (Å²) in [6, 6.07) is 7.05. The molecule has 2 unspecified atom stereocenters. The predicted octanol–water partition coefficient (Wildman–Crippen LogP) is 2.71. The summed E-state index contributed by atoms with van der Waals surface area (Å²) in [7, 11) is 0. The van der Waals surface area contributed by atoms with Crippen LogP contribution < -0.4 is 5.32 Å². The zero-order valence-corrected chi connectivity index (χ0v) is 13.1. The fourth-order valence-electron chi connectivity index (χ4n) is 2.99. The molecule has 2 atom stereocenters. The second kappa shape index (κ2) is 7.34. The van der Waals surface area contributed by atoms with Gasteiger partial charge in [0.2, 0.25) is 0 Å². The zero-order chi connectivity index (χ0) is 15.3. The van der Waals surface area contributed by atoms with E-state index in [9.17, 15) is 9.50 Å². The molecule has 1 fully saturated rings. The molecule has 2 rings (SSSR count). The lowest BCUT2D eigenvalue weighted by Crippen LogP contribution is -2.32. The fourth-order valence-corrected chi connectivity index (χ4v) is 2.99. The molecule has 0 aliphatic carbocycles. The Hall–Kier alpha value is -0.970. The number of likely N-dealkylation sites (tertiary alicyclic amines) is 1. The van der Waals surface area contributed by atoms with Crippen molar-refractivity contribution in [1.29, 1.82) is 0 Å². The van der Waals surface area contributed by atoms with Gasteiger partial charge in [-0.15, -0.1) is 0 Å². The molecule has 1 aliphatic rings. The number of benzene rings is 1. The number of nitrogens with zero attached hydrogens (tertiary/aromatic N) is 1. The average molecular weight is 294 g/mol. The van der Waals surface area contributed by atoms with E-state index in [4.69, 9.17) is 0 Å². The van der Waals surface area contributed by atoms with Gasteiger partial charge in [-0.1, -0.05) is 25.1 Å². The third-order valence-corrected chi connectivity index (χ3v) is 4.19. The molecule has 1 aromatic rings. The molecule has 1 saturated heterocycles. The highest BCUT2D eigenvalue weighted by Gasteiger charge is 2.31. The van der Waals surface area contributed by atoms with Gasteiger partial charge < -0.3 is 15.3 Å². The van der Waals surface area contributed by atoms with E-state index in [1.807, 2.05) is 19.1 Å². The molecule has 0 spiro atoms. The minimum Gasteiger partial charge on any atom is -0.389 e. The van der Waals surface area contributed by atoms with Gasteiger partial charge in [-0.25, -0.2) is 4.39 Å². The molecule has 118 valence electrons. The van der Waals surface area contributed by atoms with Crippen molar-refractivity contribution in [3.8, 4) is 0 Å². The highest BCUT2D eigenvalue weighted by atomic mass is 19.1. The molecule has 1 heterocycles. The molecule has 1 aliphatic heterocycles. The molecule has 2 N–H and O–H groups in total. The number of β-amino-alcohol motifs (C(OH)–C–C–N with tert-alkyl or cyclic N) is 1. The van der Waals surface area contributed by atoms with Crippen LogP contribution in [-0.4, -0.2) is 41.8 Å². The van der Waals surface area contributed by atoms with Gasteiger partial charge in [0.05, 0.1) is 5.60 Å². The van der Waals surface area contributed by atoms with Crippen molar-refractivity contribution in [2.45, 2.75) is 44.8 Å². The maximum Gasteiger partial charge on any atom is 0.127 e. The summed E-state index contributed by atoms with van der Waals surface area (Å²) >= 11 is 0. The Balaban J connectivity index is 1.96. The van der Waals surface area contributed by atoms with E-state index in [1.54, 1.807) is 6.07 Å². The SMILES string of the molecule is CCCNC(CCN1CCC(C)(O)C1)c1ccccc1F. The highest BCUT2D eigenvalue weighted by molar-refractivity contribution is 5.21. The Labute approximate surface area is 127 Å². The van der Waals surface area contributed by atoms with E-state index < -0.39 is 5.60 Å². The van der Waals surface area contributed by atoms with Gasteiger partial charge in [0, 0.05) is 31.2 Å². The summed E-state index contributed by atoms with van der Waals surface area (Å²) in [5, 5.41) is 13.5. The van der Waals surface area contributed by atoms with E-state index in [1.165, 1.54) is 6.07 Å². The molecule has 3 nitrogen and oxygen atoms in total. The predicted molar refractivity (Wildman–Crippen MR) is 83.7 cm³/mol. The first-order chi connectivity index (χ1) is 10.0. The lowest BCUT2D eigenvalue weighted by atomic mass is 10.0. The number of nitrogens with one attached hydrogen (secondary N) is 1. The molecule has 0 aromatic heterocycles. The van der Waals surface area contributed by atoms with Crippen LogP contribution in [-0.2, 0) is 0 Å². The van der Waals surface area contributed by atoms with E-state index in [-0.39, 0.29) is 11.9 Å². The third-order valence-electron chi connectivity index (χ3n) is 4.19. The topological polar surface area (TPSA) is 35.5 Å².